The molecule has 0 bridgehead atoms. The van der Waals surface area contributed by atoms with Crippen LogP contribution >= 0.6 is 0 Å². The number of anilines is 1. The Morgan fingerprint density at radius 3 is 2.00 bits per heavy atom. The first kappa shape index (κ1) is 21.8. The molecule has 0 saturated carbocycles. The minimum Gasteiger partial charge on any atom is -0.491 e. The summed E-state index contributed by atoms with van der Waals surface area (Å²) in [5.41, 5.74) is 2.61. The van der Waals surface area contributed by atoms with Crippen molar-refractivity contribution in [3.8, 4) is 5.75 Å². The van der Waals surface area contributed by atoms with Crippen molar-refractivity contribution in [1.29, 1.82) is 0 Å². The van der Waals surface area contributed by atoms with E-state index in [0.29, 0.717) is 5.69 Å². The van der Waals surface area contributed by atoms with Crippen LogP contribution in [-0.2, 0) is 14.8 Å². The molecule has 2 rings (SSSR count). The standard InChI is InChI=1S/C21H28N2O4S/c1-15-6-10-19(11-7-15)23(28(5,25)26)18(4)21(24)22-17(3)14-27-20-12-8-16(2)9-13-20/h6-13,17-18H,14H2,1-5H3,(H,22,24)/t17-,18+/m1/s1. The molecule has 28 heavy (non-hydrogen) atoms. The second kappa shape index (κ2) is 9.10. The number of hydrogen-bond donors (Lipinski definition) is 1. The van der Waals surface area contributed by atoms with Gasteiger partial charge in [0.05, 0.1) is 18.0 Å². The number of ether oxygens (including phenoxy) is 1. The normalized spacial score (nSPS) is 13.5. The molecular weight excluding hydrogens is 376 g/mol. The van der Waals surface area contributed by atoms with Gasteiger partial charge in [0.15, 0.2) is 0 Å². The summed E-state index contributed by atoms with van der Waals surface area (Å²) in [6.07, 6.45) is 1.10. The molecular formula is C21H28N2O4S. The summed E-state index contributed by atoms with van der Waals surface area (Å²) in [4.78, 5) is 12.7. The summed E-state index contributed by atoms with van der Waals surface area (Å²) in [5, 5.41) is 2.82. The Bertz CT molecular complexity index is 893. The van der Waals surface area contributed by atoms with E-state index in [9.17, 15) is 13.2 Å². The molecule has 6 nitrogen and oxygen atoms in total. The Kier molecular flexibility index (Phi) is 7.07. The van der Waals surface area contributed by atoms with Crippen LogP contribution in [0.15, 0.2) is 48.5 Å². The molecule has 2 aromatic rings. The van der Waals surface area contributed by atoms with Gasteiger partial charge in [-0.25, -0.2) is 8.42 Å². The lowest BCUT2D eigenvalue weighted by atomic mass is 10.2. The van der Waals surface area contributed by atoms with Crippen LogP contribution in [0.2, 0.25) is 0 Å². The quantitative estimate of drug-likeness (QED) is 0.734. The molecule has 0 aromatic heterocycles. The number of carbonyl (C=O) groups excluding carboxylic acids is 1. The van der Waals surface area contributed by atoms with Crippen molar-refractivity contribution in [3.05, 3.63) is 59.7 Å². The van der Waals surface area contributed by atoms with Crippen molar-refractivity contribution >= 4 is 21.6 Å². The maximum absolute atomic E-state index is 12.7. The molecule has 1 N–H and O–H groups in total. The van der Waals surface area contributed by atoms with Gasteiger partial charge < -0.3 is 10.1 Å². The monoisotopic (exact) mass is 404 g/mol. The topological polar surface area (TPSA) is 75.7 Å². The fourth-order valence-electron chi connectivity index (χ4n) is 2.76. The minimum absolute atomic E-state index is 0.282. The number of rotatable bonds is 8. The van der Waals surface area contributed by atoms with E-state index in [2.05, 4.69) is 5.32 Å². The van der Waals surface area contributed by atoms with Crippen LogP contribution in [0.5, 0.6) is 5.75 Å². The highest BCUT2D eigenvalue weighted by Crippen LogP contribution is 2.21. The fraction of sp³-hybridized carbons (Fsp3) is 0.381. The van der Waals surface area contributed by atoms with E-state index in [1.165, 1.54) is 0 Å². The predicted molar refractivity (Wildman–Crippen MR) is 112 cm³/mol. The second-order valence-electron chi connectivity index (χ2n) is 7.10. The number of nitrogens with one attached hydrogen (secondary N) is 1. The number of nitrogens with zero attached hydrogens (tertiary/aromatic N) is 1. The van der Waals surface area contributed by atoms with Gasteiger partial charge in [0, 0.05) is 0 Å². The highest BCUT2D eigenvalue weighted by Gasteiger charge is 2.29. The van der Waals surface area contributed by atoms with Crippen molar-refractivity contribution in [2.24, 2.45) is 0 Å². The number of carbonyl (C=O) groups is 1. The Hall–Kier alpha value is -2.54. The molecule has 2 atom stereocenters. The lowest BCUT2D eigenvalue weighted by molar-refractivity contribution is -0.122. The first-order chi connectivity index (χ1) is 13.1. The molecule has 0 heterocycles. The van der Waals surface area contributed by atoms with Gasteiger partial charge >= 0.3 is 0 Å². The first-order valence-corrected chi connectivity index (χ1v) is 11.0. The average Bonchev–Trinajstić information content (AvgIpc) is 2.62. The minimum atomic E-state index is -3.63. The van der Waals surface area contributed by atoms with E-state index >= 15 is 0 Å². The van der Waals surface area contributed by atoms with Crippen LogP contribution in [0.3, 0.4) is 0 Å². The van der Waals surface area contributed by atoms with Crippen LogP contribution in [0.4, 0.5) is 5.69 Å². The van der Waals surface area contributed by atoms with Gasteiger partial charge in [0.25, 0.3) is 0 Å². The van der Waals surface area contributed by atoms with E-state index in [4.69, 9.17) is 4.74 Å². The number of benzene rings is 2. The summed E-state index contributed by atoms with van der Waals surface area (Å²) < 4.78 is 31.4. The van der Waals surface area contributed by atoms with Crippen LogP contribution in [-0.4, -0.2) is 39.3 Å². The van der Waals surface area contributed by atoms with E-state index < -0.39 is 16.1 Å². The van der Waals surface area contributed by atoms with E-state index in [1.54, 1.807) is 19.1 Å². The molecule has 1 amide bonds. The van der Waals surface area contributed by atoms with E-state index in [0.717, 1.165) is 27.4 Å². The summed E-state index contributed by atoms with van der Waals surface area (Å²) in [6.45, 7) is 7.58. The van der Waals surface area contributed by atoms with Gasteiger partial charge in [-0.1, -0.05) is 35.4 Å². The highest BCUT2D eigenvalue weighted by atomic mass is 32.2. The summed E-state index contributed by atoms with van der Waals surface area (Å²) in [5.74, 6) is 0.336. The van der Waals surface area contributed by atoms with Gasteiger partial charge in [-0.3, -0.25) is 9.10 Å². The van der Waals surface area contributed by atoms with Crippen LogP contribution in [0.1, 0.15) is 25.0 Å². The Morgan fingerprint density at radius 2 is 1.50 bits per heavy atom. The third-order valence-corrected chi connectivity index (χ3v) is 5.53. The van der Waals surface area contributed by atoms with Crippen LogP contribution < -0.4 is 14.4 Å². The molecule has 0 aliphatic rings. The maximum Gasteiger partial charge on any atom is 0.243 e. The summed E-state index contributed by atoms with van der Waals surface area (Å²) in [7, 11) is -3.63. The van der Waals surface area contributed by atoms with Gasteiger partial charge in [0.1, 0.15) is 18.4 Å². The largest absolute Gasteiger partial charge is 0.491 e. The Labute approximate surface area is 167 Å². The van der Waals surface area contributed by atoms with Crippen LogP contribution in [0, 0.1) is 13.8 Å². The zero-order valence-electron chi connectivity index (χ0n) is 17.0. The third-order valence-electron chi connectivity index (χ3n) is 4.29. The SMILES string of the molecule is Cc1ccc(OC[C@@H](C)NC(=O)[C@H](C)N(c2ccc(C)cc2)S(C)(=O)=O)cc1. The van der Waals surface area contributed by atoms with Crippen molar-refractivity contribution in [2.45, 2.75) is 39.8 Å². The fourth-order valence-corrected chi connectivity index (χ4v) is 3.94. The molecule has 0 aliphatic carbocycles. The molecule has 0 spiro atoms. The average molecular weight is 405 g/mol. The second-order valence-corrected chi connectivity index (χ2v) is 8.96. The first-order valence-electron chi connectivity index (χ1n) is 9.14. The zero-order valence-corrected chi connectivity index (χ0v) is 17.8. The van der Waals surface area contributed by atoms with Gasteiger partial charge in [0.2, 0.25) is 15.9 Å². The molecule has 152 valence electrons. The molecule has 0 fully saturated rings. The number of hydrogen-bond acceptors (Lipinski definition) is 4. The zero-order chi connectivity index (χ0) is 20.9. The van der Waals surface area contributed by atoms with Gasteiger partial charge in [-0.05, 0) is 52.0 Å². The van der Waals surface area contributed by atoms with Crippen molar-refractivity contribution in [3.63, 3.8) is 0 Å². The summed E-state index contributed by atoms with van der Waals surface area (Å²) >= 11 is 0. The van der Waals surface area contributed by atoms with Gasteiger partial charge in [-0.15, -0.1) is 0 Å². The number of sulfonamides is 1. The van der Waals surface area contributed by atoms with Crippen LogP contribution in [0.25, 0.3) is 0 Å². The predicted octanol–water partition coefficient (Wildman–Crippen LogP) is 3.04. The molecule has 0 radical (unpaired) electrons. The maximum atomic E-state index is 12.7. The lowest BCUT2D eigenvalue weighted by Gasteiger charge is -2.29. The molecule has 7 heteroatoms. The third kappa shape index (κ3) is 5.99. The van der Waals surface area contributed by atoms with E-state index in [-0.39, 0.29) is 18.6 Å². The Balaban J connectivity index is 2.03. The van der Waals surface area contributed by atoms with E-state index in [1.807, 2.05) is 57.2 Å². The molecule has 0 aliphatic heterocycles. The Morgan fingerprint density at radius 1 is 1.00 bits per heavy atom. The van der Waals surface area contributed by atoms with Gasteiger partial charge in [-0.2, -0.15) is 0 Å². The summed E-state index contributed by atoms with van der Waals surface area (Å²) in [6, 6.07) is 13.5. The number of aryl methyl sites for hydroxylation is 2. The van der Waals surface area contributed by atoms with Crippen molar-refractivity contribution in [1.82, 2.24) is 5.32 Å². The lowest BCUT2D eigenvalue weighted by Crippen LogP contribution is -2.50. The highest BCUT2D eigenvalue weighted by molar-refractivity contribution is 7.92. The van der Waals surface area contributed by atoms with Crippen molar-refractivity contribution < 1.29 is 17.9 Å². The van der Waals surface area contributed by atoms with Crippen molar-refractivity contribution in [2.75, 3.05) is 17.2 Å². The number of amides is 1. The smallest absolute Gasteiger partial charge is 0.243 e. The molecule has 2 aromatic carbocycles. The molecule has 0 unspecified atom stereocenters. The molecule has 0 saturated heterocycles.